The molecule has 1 heterocycles. The van der Waals surface area contributed by atoms with Crippen LogP contribution in [0.5, 0.6) is 0 Å². The first kappa shape index (κ1) is 4.66. The lowest BCUT2D eigenvalue weighted by atomic mass is 10.3. The lowest BCUT2D eigenvalue weighted by Crippen LogP contribution is -2.08. The topological polar surface area (TPSA) is 34.1 Å². The van der Waals surface area contributed by atoms with E-state index in [2.05, 4.69) is 0 Å². The smallest absolute Gasteiger partial charge is 0.226 e. The molecule has 3 heteroatoms. The number of rotatable bonds is 0. The second-order valence-corrected chi connectivity index (χ2v) is 2.20. The van der Waals surface area contributed by atoms with Crippen molar-refractivity contribution < 1.29 is 9.59 Å². The second-order valence-electron chi connectivity index (χ2n) is 1.26. The van der Waals surface area contributed by atoms with Crippen molar-refractivity contribution in [3.8, 4) is 0 Å². The Balaban J connectivity index is 2.81. The van der Waals surface area contributed by atoms with Gasteiger partial charge in [-0.05, 0) is 0 Å². The van der Waals surface area contributed by atoms with E-state index in [0.717, 1.165) is 8.20 Å². The van der Waals surface area contributed by atoms with Gasteiger partial charge in [-0.1, -0.05) is 8.20 Å². The quantitative estimate of drug-likeness (QED) is 0.325. The Kier molecular flexibility index (Phi) is 1.03. The minimum absolute atomic E-state index is 0.248. The summed E-state index contributed by atoms with van der Waals surface area (Å²) in [5.41, 5.74) is 0. The minimum Gasteiger partial charge on any atom is -0.290 e. The molecular weight excluding hydrogens is 111 g/mol. The van der Waals surface area contributed by atoms with Gasteiger partial charge in [0.2, 0.25) is 11.6 Å². The van der Waals surface area contributed by atoms with Crippen molar-refractivity contribution in [2.45, 2.75) is 0 Å². The van der Waals surface area contributed by atoms with E-state index >= 15 is 0 Å². The van der Waals surface area contributed by atoms with Gasteiger partial charge >= 0.3 is 0 Å². The number of ketones is 2. The molecule has 0 fully saturated rings. The zero-order valence-electron chi connectivity index (χ0n) is 3.55. The fourth-order valence-electron chi connectivity index (χ4n) is 0.361. The van der Waals surface area contributed by atoms with Crippen LogP contribution in [0.2, 0.25) is 0 Å². The Morgan fingerprint density at radius 1 is 1.57 bits per heavy atom. The SMILES string of the molecule is O=C1C=PCC1=O. The summed E-state index contributed by atoms with van der Waals surface area (Å²) >= 11 is 0. The predicted octanol–water partition coefficient (Wildman–Crippen LogP) is -0.113. The molecule has 0 spiro atoms. The summed E-state index contributed by atoms with van der Waals surface area (Å²) in [6.45, 7) is 0. The van der Waals surface area contributed by atoms with Crippen molar-refractivity contribution in [2.24, 2.45) is 0 Å². The number of Topliss-reactive ketones (excluding diaryl/α,β-unsaturated/α-hetero) is 2. The van der Waals surface area contributed by atoms with E-state index < -0.39 is 0 Å². The molecule has 36 valence electrons. The highest BCUT2D eigenvalue weighted by atomic mass is 31.1. The summed E-state index contributed by atoms with van der Waals surface area (Å²) < 4.78 is 0. The molecule has 1 aliphatic rings. The molecule has 0 aliphatic carbocycles. The molecule has 0 radical (unpaired) electrons. The van der Waals surface area contributed by atoms with Crippen molar-refractivity contribution >= 4 is 25.6 Å². The van der Waals surface area contributed by atoms with Crippen molar-refractivity contribution in [1.82, 2.24) is 0 Å². The van der Waals surface area contributed by atoms with Gasteiger partial charge in [0.05, 0.1) is 6.16 Å². The number of carbonyl (C=O) groups is 2. The zero-order chi connectivity index (χ0) is 5.28. The highest BCUT2D eigenvalue weighted by molar-refractivity contribution is 7.46. The third-order valence-electron chi connectivity index (χ3n) is 0.718. The van der Waals surface area contributed by atoms with Gasteiger partial charge in [-0.3, -0.25) is 9.59 Å². The lowest BCUT2D eigenvalue weighted by Gasteiger charge is -1.72. The fraction of sp³-hybridized carbons (Fsp3) is 0.250. The Labute approximate surface area is 42.3 Å². The first-order chi connectivity index (χ1) is 3.30. The van der Waals surface area contributed by atoms with E-state index in [1.54, 1.807) is 0 Å². The normalized spacial score (nSPS) is 21.1. The average molecular weight is 114 g/mol. The predicted molar refractivity (Wildman–Crippen MR) is 27.9 cm³/mol. The first-order valence-corrected chi connectivity index (χ1v) is 3.02. The molecule has 0 N–H and O–H groups in total. The van der Waals surface area contributed by atoms with Gasteiger partial charge in [0.15, 0.2) is 0 Å². The molecule has 0 aromatic carbocycles. The van der Waals surface area contributed by atoms with Gasteiger partial charge < -0.3 is 0 Å². The molecule has 0 bridgehead atoms. The highest BCUT2D eigenvalue weighted by Gasteiger charge is 2.13. The molecule has 0 saturated carbocycles. The van der Waals surface area contributed by atoms with Crippen LogP contribution in [-0.4, -0.2) is 23.5 Å². The number of hydrogen-bond donors (Lipinski definition) is 0. The zero-order valence-corrected chi connectivity index (χ0v) is 4.44. The maximum atomic E-state index is 10.2. The summed E-state index contributed by atoms with van der Waals surface area (Å²) in [4.78, 5) is 20.3. The summed E-state index contributed by atoms with van der Waals surface area (Å²) in [6.07, 6.45) is 0.402. The molecule has 0 aromatic heterocycles. The monoisotopic (exact) mass is 114 g/mol. The van der Waals surface area contributed by atoms with Crippen molar-refractivity contribution in [2.75, 3.05) is 6.16 Å². The number of carbonyl (C=O) groups excluding carboxylic acids is 2. The van der Waals surface area contributed by atoms with Gasteiger partial charge in [0, 0.05) is 5.80 Å². The van der Waals surface area contributed by atoms with Gasteiger partial charge in [-0.2, -0.15) is 0 Å². The van der Waals surface area contributed by atoms with Gasteiger partial charge in [-0.15, -0.1) is 0 Å². The summed E-state index contributed by atoms with van der Waals surface area (Å²) in [7, 11) is 0.856. The van der Waals surface area contributed by atoms with E-state index in [1.807, 2.05) is 0 Å². The van der Waals surface area contributed by atoms with Crippen molar-refractivity contribution in [3.63, 3.8) is 0 Å². The Bertz CT molecular complexity index is 148. The molecule has 1 rings (SSSR count). The summed E-state index contributed by atoms with van der Waals surface area (Å²) in [6, 6.07) is 0. The third kappa shape index (κ3) is 0.751. The van der Waals surface area contributed by atoms with E-state index in [4.69, 9.17) is 0 Å². The Hall–Kier alpha value is -0.490. The van der Waals surface area contributed by atoms with Gasteiger partial charge in [-0.25, -0.2) is 0 Å². The standard InChI is InChI=1S/C4H3O2P/c5-3-1-7-2-4(3)6/h1H,2H2. The maximum absolute atomic E-state index is 10.2. The van der Waals surface area contributed by atoms with Crippen LogP contribution in [0.3, 0.4) is 0 Å². The molecule has 0 aromatic rings. The van der Waals surface area contributed by atoms with Crippen LogP contribution in [0.4, 0.5) is 0 Å². The summed E-state index contributed by atoms with van der Waals surface area (Å²) in [5, 5.41) is 0. The van der Waals surface area contributed by atoms with Crippen LogP contribution in [0, 0.1) is 0 Å². The molecule has 7 heavy (non-hydrogen) atoms. The molecule has 0 amide bonds. The van der Waals surface area contributed by atoms with Crippen LogP contribution >= 0.6 is 8.20 Å². The highest BCUT2D eigenvalue weighted by Crippen LogP contribution is 2.01. The van der Waals surface area contributed by atoms with E-state index in [9.17, 15) is 9.59 Å². The van der Waals surface area contributed by atoms with Crippen LogP contribution in [0.15, 0.2) is 0 Å². The summed E-state index contributed by atoms with van der Waals surface area (Å²) in [5.74, 6) is 0.839. The minimum atomic E-state index is -0.318. The van der Waals surface area contributed by atoms with Gasteiger partial charge in [0.1, 0.15) is 0 Å². The molecule has 2 nitrogen and oxygen atoms in total. The second kappa shape index (κ2) is 1.55. The molecule has 0 saturated heterocycles. The number of hydrogen-bond acceptors (Lipinski definition) is 2. The van der Waals surface area contributed by atoms with Gasteiger partial charge in [0.25, 0.3) is 0 Å². The van der Waals surface area contributed by atoms with Crippen LogP contribution < -0.4 is 0 Å². The van der Waals surface area contributed by atoms with Crippen molar-refractivity contribution in [3.05, 3.63) is 0 Å². The largest absolute Gasteiger partial charge is 0.290 e. The molecule has 1 aliphatic heterocycles. The van der Waals surface area contributed by atoms with E-state index in [-0.39, 0.29) is 11.6 Å². The van der Waals surface area contributed by atoms with Crippen LogP contribution in [-0.2, 0) is 9.59 Å². The Morgan fingerprint density at radius 3 is 2.43 bits per heavy atom. The lowest BCUT2D eigenvalue weighted by molar-refractivity contribution is -0.130. The van der Waals surface area contributed by atoms with Crippen LogP contribution in [0.25, 0.3) is 0 Å². The molecular formula is C4H3O2P. The van der Waals surface area contributed by atoms with Crippen molar-refractivity contribution in [1.29, 1.82) is 0 Å². The third-order valence-corrected chi connectivity index (χ3v) is 1.61. The maximum Gasteiger partial charge on any atom is 0.226 e. The molecule has 0 unspecified atom stereocenters. The average Bonchev–Trinajstić information content (AvgIpc) is 1.91. The fourth-order valence-corrected chi connectivity index (χ4v) is 1.08. The Morgan fingerprint density at radius 2 is 2.29 bits per heavy atom. The van der Waals surface area contributed by atoms with E-state index in [1.165, 1.54) is 5.80 Å². The molecule has 0 atom stereocenters. The van der Waals surface area contributed by atoms with E-state index in [0.29, 0.717) is 6.16 Å². The van der Waals surface area contributed by atoms with Crippen LogP contribution in [0.1, 0.15) is 0 Å². The first-order valence-electron chi connectivity index (χ1n) is 1.87.